The SMILES string of the molecule is CCCCCCCNC(=O)CCOCCOCCCC(=O)[C@H](CS)NC(=O)CCCC(=O)NC(CCC(=O)CCCOCCOCc1cn(C)nn1)(CCC(=O)NCCOCCOCc1cn(C)nn1)CCC(=O)NCCOCCOCc1cn(C)nn1. The highest BCUT2D eigenvalue weighted by Crippen LogP contribution is 2.27. The van der Waals surface area contributed by atoms with Crippen molar-refractivity contribution >= 4 is 53.7 Å². The van der Waals surface area contributed by atoms with Gasteiger partial charge in [0.1, 0.15) is 22.9 Å². The molecule has 0 saturated carbocycles. The van der Waals surface area contributed by atoms with Crippen LogP contribution in [-0.4, -0.2) is 209 Å². The van der Waals surface area contributed by atoms with Crippen molar-refractivity contribution in [3.63, 3.8) is 0 Å². The van der Waals surface area contributed by atoms with Gasteiger partial charge >= 0.3 is 0 Å². The number of ether oxygens (including phenoxy) is 8. The minimum Gasteiger partial charge on any atom is -0.379 e. The molecular weight excluding hydrogens is 1160 g/mol. The molecule has 0 fully saturated rings. The number of ketones is 2. The Morgan fingerprint density at radius 3 is 1.36 bits per heavy atom. The first-order valence-corrected chi connectivity index (χ1v) is 31.6. The molecule has 3 aromatic rings. The molecule has 0 aromatic carbocycles. The Kier molecular flexibility index (Phi) is 42.5. The number of aromatic nitrogens is 9. The Morgan fingerprint density at radius 1 is 0.443 bits per heavy atom. The Bertz CT molecular complexity index is 2220. The minimum absolute atomic E-state index is 0.0348. The number of thiol groups is 1. The average molecular weight is 1270 g/mol. The number of hydrogen-bond donors (Lipinski definition) is 6. The van der Waals surface area contributed by atoms with Crippen LogP contribution >= 0.6 is 12.6 Å². The largest absolute Gasteiger partial charge is 0.379 e. The predicted octanol–water partition coefficient (Wildman–Crippen LogP) is 2.29. The maximum atomic E-state index is 14.0. The number of aryl methyl sites for hydroxylation is 3. The van der Waals surface area contributed by atoms with Gasteiger partial charge in [-0.05, 0) is 44.9 Å². The summed E-state index contributed by atoms with van der Waals surface area (Å²) in [6, 6.07) is -0.846. The van der Waals surface area contributed by atoms with E-state index in [-0.39, 0.29) is 171 Å². The molecule has 0 aliphatic heterocycles. The van der Waals surface area contributed by atoms with Crippen molar-refractivity contribution in [1.82, 2.24) is 71.6 Å². The number of nitrogens with one attached hydrogen (secondary N) is 5. The molecule has 0 bridgehead atoms. The van der Waals surface area contributed by atoms with Crippen LogP contribution in [0.4, 0.5) is 0 Å². The van der Waals surface area contributed by atoms with E-state index in [0.29, 0.717) is 95.9 Å². The lowest BCUT2D eigenvalue weighted by molar-refractivity contribution is -0.128. The van der Waals surface area contributed by atoms with Crippen LogP contribution in [0.2, 0.25) is 0 Å². The van der Waals surface area contributed by atoms with Gasteiger partial charge in [0.15, 0.2) is 5.78 Å². The molecule has 30 heteroatoms. The van der Waals surface area contributed by atoms with Crippen molar-refractivity contribution in [2.24, 2.45) is 21.1 Å². The maximum absolute atomic E-state index is 14.0. The highest BCUT2D eigenvalue weighted by Gasteiger charge is 2.34. The van der Waals surface area contributed by atoms with Crippen LogP contribution in [0.25, 0.3) is 0 Å². The monoisotopic (exact) mass is 1260 g/mol. The van der Waals surface area contributed by atoms with Crippen LogP contribution < -0.4 is 26.6 Å². The molecule has 0 radical (unpaired) electrons. The van der Waals surface area contributed by atoms with Gasteiger partial charge in [0.05, 0.1) is 117 Å². The number of Topliss-reactive ketones (excluding diaryl/α,β-unsaturated/α-hetero) is 2. The van der Waals surface area contributed by atoms with E-state index in [4.69, 9.17) is 37.9 Å². The first-order valence-electron chi connectivity index (χ1n) is 30.9. The van der Waals surface area contributed by atoms with Crippen LogP contribution in [0.1, 0.15) is 146 Å². The molecule has 5 amide bonds. The third-order valence-electron chi connectivity index (χ3n) is 13.5. The molecular formula is C58H100N14O15S. The van der Waals surface area contributed by atoms with Crippen LogP contribution in [-0.2, 0) is 112 Å². The molecule has 0 saturated heterocycles. The van der Waals surface area contributed by atoms with E-state index >= 15 is 0 Å². The topological polar surface area (TPSA) is 346 Å². The molecule has 3 aromatic heterocycles. The van der Waals surface area contributed by atoms with Gasteiger partial charge in [-0.15, -0.1) is 15.3 Å². The van der Waals surface area contributed by atoms with E-state index in [1.54, 1.807) is 53.8 Å². The lowest BCUT2D eigenvalue weighted by Crippen LogP contribution is -2.50. The summed E-state index contributed by atoms with van der Waals surface area (Å²) in [7, 11) is 5.30. The summed E-state index contributed by atoms with van der Waals surface area (Å²) < 4.78 is 49.6. The van der Waals surface area contributed by atoms with Crippen molar-refractivity contribution < 1.29 is 71.5 Å². The molecule has 5 N–H and O–H groups in total. The fourth-order valence-corrected chi connectivity index (χ4v) is 9.03. The van der Waals surface area contributed by atoms with Crippen LogP contribution in [0.5, 0.6) is 0 Å². The lowest BCUT2D eigenvalue weighted by atomic mass is 9.82. The molecule has 0 aliphatic rings. The molecule has 0 unspecified atom stereocenters. The van der Waals surface area contributed by atoms with Crippen LogP contribution in [0, 0.1) is 0 Å². The van der Waals surface area contributed by atoms with Crippen molar-refractivity contribution in [3.05, 3.63) is 35.7 Å². The second-order valence-corrected chi connectivity index (χ2v) is 21.6. The lowest BCUT2D eigenvalue weighted by Gasteiger charge is -2.35. The predicted molar refractivity (Wildman–Crippen MR) is 325 cm³/mol. The van der Waals surface area contributed by atoms with Gasteiger partial charge in [0.25, 0.3) is 0 Å². The summed E-state index contributed by atoms with van der Waals surface area (Å²) in [6.45, 7) is 7.86. The minimum atomic E-state index is -1.19. The zero-order valence-corrected chi connectivity index (χ0v) is 53.4. The summed E-state index contributed by atoms with van der Waals surface area (Å²) in [5, 5.41) is 38.1. The van der Waals surface area contributed by atoms with Crippen molar-refractivity contribution in [1.29, 1.82) is 0 Å². The number of nitrogens with zero attached hydrogens (tertiary/aromatic N) is 9. The zero-order valence-electron chi connectivity index (χ0n) is 52.5. The first kappa shape index (κ1) is 76.4. The van der Waals surface area contributed by atoms with Gasteiger partial charge in [-0.2, -0.15) is 12.6 Å². The average Bonchev–Trinajstić information content (AvgIpc) is 4.38. The zero-order chi connectivity index (χ0) is 63.7. The molecule has 0 aliphatic carbocycles. The summed E-state index contributed by atoms with van der Waals surface area (Å²) in [5.74, 6) is -1.80. The van der Waals surface area contributed by atoms with E-state index in [1.807, 2.05) is 0 Å². The number of hydrogen-bond acceptors (Lipinski definition) is 22. The van der Waals surface area contributed by atoms with Crippen molar-refractivity contribution in [3.8, 4) is 0 Å². The van der Waals surface area contributed by atoms with E-state index in [9.17, 15) is 33.6 Å². The van der Waals surface area contributed by atoms with Gasteiger partial charge < -0.3 is 64.5 Å². The van der Waals surface area contributed by atoms with Gasteiger partial charge in [-0.3, -0.25) is 47.6 Å². The highest BCUT2D eigenvalue weighted by atomic mass is 32.1. The van der Waals surface area contributed by atoms with Crippen molar-refractivity contribution in [2.45, 2.75) is 160 Å². The Balaban J connectivity index is 1.53. The number of unbranched alkanes of at least 4 members (excludes halogenated alkanes) is 4. The molecule has 3 heterocycles. The molecule has 3 rings (SSSR count). The smallest absolute Gasteiger partial charge is 0.222 e. The normalized spacial score (nSPS) is 11.8. The summed E-state index contributed by atoms with van der Waals surface area (Å²) >= 11 is 4.31. The van der Waals surface area contributed by atoms with Crippen LogP contribution in [0.15, 0.2) is 18.6 Å². The molecule has 29 nitrogen and oxygen atoms in total. The van der Waals surface area contributed by atoms with Gasteiger partial charge in [-0.25, -0.2) is 0 Å². The standard InChI is InChI=1S/C58H100N14O15S/c1-5-6-7-8-9-24-59-55(77)20-29-82-33-32-81-28-12-14-52(74)51(46-88)62-56(78)15-10-16-57(79)63-58(21-17-50(73)13-11-27-80-34-37-85-43-47-40-70(2)67-64-47,22-18-53(75)60-25-30-83-35-38-86-44-48-41-71(3)68-65-48)23-19-54(76)61-26-31-84-36-39-87-45-49-42-72(4)69-66-49/h40-42,51,88H,5-39,43-46H2,1-4H3,(H,59,77)(H,60,75)(H,61,76)(H,62,78)(H,63,79)/t51-/m0/s1. The highest BCUT2D eigenvalue weighted by molar-refractivity contribution is 7.80. The fourth-order valence-electron chi connectivity index (χ4n) is 8.74. The number of carbonyl (C=O) groups excluding carboxylic acids is 7. The second kappa shape index (κ2) is 49.0. The summed E-state index contributed by atoms with van der Waals surface area (Å²) in [5.41, 5.74) is 0.876. The third kappa shape index (κ3) is 39.2. The van der Waals surface area contributed by atoms with E-state index < -0.39 is 23.4 Å². The third-order valence-corrected chi connectivity index (χ3v) is 13.9. The first-order chi connectivity index (χ1) is 42.7. The Hall–Kier alpha value is -5.86. The van der Waals surface area contributed by atoms with Crippen LogP contribution in [0.3, 0.4) is 0 Å². The fraction of sp³-hybridized carbons (Fsp3) is 0.776. The van der Waals surface area contributed by atoms with Gasteiger partial charge in [-0.1, -0.05) is 48.2 Å². The quantitative estimate of drug-likeness (QED) is 0.0349. The molecule has 0 spiro atoms. The maximum Gasteiger partial charge on any atom is 0.222 e. The van der Waals surface area contributed by atoms with Gasteiger partial charge in [0.2, 0.25) is 29.5 Å². The van der Waals surface area contributed by atoms with E-state index in [2.05, 4.69) is 77.1 Å². The van der Waals surface area contributed by atoms with E-state index in [1.165, 1.54) is 19.3 Å². The van der Waals surface area contributed by atoms with Gasteiger partial charge in [0, 0.05) is 117 Å². The number of amides is 5. The number of rotatable bonds is 58. The van der Waals surface area contributed by atoms with Crippen molar-refractivity contribution in [2.75, 3.05) is 111 Å². The summed E-state index contributed by atoms with van der Waals surface area (Å²) in [4.78, 5) is 92.6. The molecule has 1 atom stereocenters. The Morgan fingerprint density at radius 2 is 0.875 bits per heavy atom. The Labute approximate surface area is 523 Å². The molecule has 88 heavy (non-hydrogen) atoms. The number of carbonyl (C=O) groups is 7. The van der Waals surface area contributed by atoms with E-state index in [0.717, 1.165) is 12.8 Å². The molecule has 498 valence electrons. The summed E-state index contributed by atoms with van der Waals surface area (Å²) in [6.07, 6.45) is 12.5. The second-order valence-electron chi connectivity index (χ2n) is 21.3.